The molecule has 1 radical (unpaired) electrons. The first-order valence-corrected chi connectivity index (χ1v) is 11.7. The Hall–Kier alpha value is -2.33. The molecule has 30 heavy (non-hydrogen) atoms. The molecule has 2 amide bonds. The normalized spacial score (nSPS) is 23.5. The first-order chi connectivity index (χ1) is 14.3. The minimum Gasteiger partial charge on any atom is -0.368 e. The molecule has 0 unspecified atom stereocenters. The topological polar surface area (TPSA) is 140 Å². The van der Waals surface area contributed by atoms with Crippen LogP contribution in [0.4, 0.5) is 0 Å². The summed E-state index contributed by atoms with van der Waals surface area (Å²) in [5, 5.41) is 2.42. The van der Waals surface area contributed by atoms with Gasteiger partial charge in [0.25, 0.3) is 10.0 Å². The second-order valence-electron chi connectivity index (χ2n) is 7.72. The van der Waals surface area contributed by atoms with Crippen molar-refractivity contribution in [1.29, 1.82) is 0 Å². The van der Waals surface area contributed by atoms with Crippen molar-refractivity contribution in [2.24, 2.45) is 11.7 Å². The molecule has 0 aromatic carbocycles. The predicted octanol–water partition coefficient (Wildman–Crippen LogP) is 0.558. The van der Waals surface area contributed by atoms with Gasteiger partial charge in [-0.15, -0.1) is 0 Å². The average Bonchev–Trinajstić information content (AvgIpc) is 2.91. The molecule has 163 valence electrons. The summed E-state index contributed by atoms with van der Waals surface area (Å²) in [6.45, 7) is 0.313. The van der Waals surface area contributed by atoms with Gasteiger partial charge in [-0.05, 0) is 50.3 Å². The number of Topliss-reactive ketones (excluding diaryl/α,β-unsaturated/α-hetero) is 1. The minimum atomic E-state index is -4.41. The van der Waals surface area contributed by atoms with Crippen molar-refractivity contribution < 1.29 is 22.8 Å². The van der Waals surface area contributed by atoms with Gasteiger partial charge in [0.05, 0.1) is 6.42 Å². The van der Waals surface area contributed by atoms with Crippen LogP contribution in [0, 0.1) is 12.3 Å². The Bertz CT molecular complexity index is 884. The van der Waals surface area contributed by atoms with E-state index in [-0.39, 0.29) is 17.4 Å². The van der Waals surface area contributed by atoms with Crippen LogP contribution in [0.1, 0.15) is 44.9 Å². The molecule has 1 saturated heterocycles. The molecule has 0 bridgehead atoms. The van der Waals surface area contributed by atoms with Crippen LogP contribution < -0.4 is 11.1 Å². The highest BCUT2D eigenvalue weighted by atomic mass is 32.2. The summed E-state index contributed by atoms with van der Waals surface area (Å²) < 4.78 is 27.4. The first kappa shape index (κ1) is 22.4. The molecule has 10 heteroatoms. The molecule has 1 aromatic heterocycles. The zero-order chi connectivity index (χ0) is 21.7. The smallest absolute Gasteiger partial charge is 0.284 e. The van der Waals surface area contributed by atoms with E-state index in [0.29, 0.717) is 17.3 Å². The fourth-order valence-corrected chi connectivity index (χ4v) is 5.55. The lowest BCUT2D eigenvalue weighted by atomic mass is 9.86. The lowest BCUT2D eigenvalue weighted by Crippen LogP contribution is -2.56. The number of rotatable bonds is 6. The summed E-state index contributed by atoms with van der Waals surface area (Å²) in [4.78, 5) is 41.9. The van der Waals surface area contributed by atoms with Crippen LogP contribution in [0.15, 0.2) is 29.4 Å². The number of nitrogens with one attached hydrogen (secondary N) is 1. The van der Waals surface area contributed by atoms with Gasteiger partial charge in [0, 0.05) is 6.20 Å². The van der Waals surface area contributed by atoms with Crippen LogP contribution >= 0.6 is 0 Å². The van der Waals surface area contributed by atoms with Crippen LogP contribution in [0.25, 0.3) is 0 Å². The maximum absolute atomic E-state index is 13.4. The standard InChI is InChI=1S/C20H27N4O5S/c21-20(27)18-19(26)15(9-6-12-23-18)24(17(25)13-14-7-2-1-3-8-14)30(28,29)16-10-4-5-11-22-16/h4-5,10-11,13-15,18,23H,1-3,6-9,12H2,(H2,21,27)/t15-,18-/m0/s1. The van der Waals surface area contributed by atoms with E-state index >= 15 is 0 Å². The van der Waals surface area contributed by atoms with Gasteiger partial charge < -0.3 is 5.73 Å². The zero-order valence-corrected chi connectivity index (χ0v) is 17.5. The van der Waals surface area contributed by atoms with Crippen LogP contribution in [-0.2, 0) is 24.4 Å². The van der Waals surface area contributed by atoms with Crippen LogP contribution in [0.2, 0.25) is 0 Å². The number of sulfonamides is 1. The number of nitrogens with two attached hydrogens (primary N) is 1. The Morgan fingerprint density at radius 3 is 2.50 bits per heavy atom. The number of pyridine rings is 1. The number of primary amides is 1. The van der Waals surface area contributed by atoms with Crippen molar-refractivity contribution in [3.05, 3.63) is 30.8 Å². The van der Waals surface area contributed by atoms with Gasteiger partial charge in [0.1, 0.15) is 12.1 Å². The molecule has 0 spiro atoms. The highest BCUT2D eigenvalue weighted by Gasteiger charge is 2.44. The maximum atomic E-state index is 13.4. The van der Waals surface area contributed by atoms with E-state index in [2.05, 4.69) is 10.3 Å². The highest BCUT2D eigenvalue weighted by Crippen LogP contribution is 2.29. The fourth-order valence-electron chi connectivity index (χ4n) is 4.07. The van der Waals surface area contributed by atoms with Crippen molar-refractivity contribution in [2.45, 2.75) is 62.1 Å². The third-order valence-electron chi connectivity index (χ3n) is 5.59. The molecule has 9 nitrogen and oxygen atoms in total. The third-order valence-corrected chi connectivity index (χ3v) is 7.31. The monoisotopic (exact) mass is 435 g/mol. The molecule has 2 fully saturated rings. The summed E-state index contributed by atoms with van der Waals surface area (Å²) in [5.74, 6) is -2.41. The number of hydrogen-bond donors (Lipinski definition) is 2. The van der Waals surface area contributed by atoms with Gasteiger partial charge >= 0.3 is 0 Å². The lowest BCUT2D eigenvalue weighted by Gasteiger charge is -2.31. The number of nitrogens with zero attached hydrogens (tertiary/aromatic N) is 2. The van der Waals surface area contributed by atoms with E-state index in [9.17, 15) is 22.8 Å². The van der Waals surface area contributed by atoms with Crippen molar-refractivity contribution in [1.82, 2.24) is 14.6 Å². The zero-order valence-electron chi connectivity index (χ0n) is 16.7. The van der Waals surface area contributed by atoms with Crippen molar-refractivity contribution in [3.63, 3.8) is 0 Å². The molecular weight excluding hydrogens is 408 g/mol. The quantitative estimate of drug-likeness (QED) is 0.622. The molecule has 1 aliphatic carbocycles. The molecule has 3 rings (SSSR count). The number of aromatic nitrogens is 1. The van der Waals surface area contributed by atoms with Crippen LogP contribution in [0.3, 0.4) is 0 Å². The number of carbonyl (C=O) groups is 3. The summed E-state index contributed by atoms with van der Waals surface area (Å²) >= 11 is 0. The van der Waals surface area contributed by atoms with Crippen LogP contribution in [-0.4, -0.2) is 53.9 Å². The minimum absolute atomic E-state index is 0.0429. The van der Waals surface area contributed by atoms with Gasteiger partial charge in [-0.2, -0.15) is 8.42 Å². The van der Waals surface area contributed by atoms with E-state index in [1.54, 1.807) is 6.07 Å². The Morgan fingerprint density at radius 1 is 1.13 bits per heavy atom. The summed E-state index contributed by atoms with van der Waals surface area (Å²) in [6, 6.07) is 1.67. The van der Waals surface area contributed by atoms with Crippen LogP contribution in [0.5, 0.6) is 0 Å². The Kier molecular flexibility index (Phi) is 7.19. The third kappa shape index (κ3) is 4.86. The SMILES string of the molecule is NC(=O)[C@H]1NCCC[C@H](N(C(=O)[CH]C2CCCCC2)S(=O)(=O)c2ccccn2)C1=O. The predicted molar refractivity (Wildman–Crippen MR) is 108 cm³/mol. The summed E-state index contributed by atoms with van der Waals surface area (Å²) in [6.07, 6.45) is 7.85. The van der Waals surface area contributed by atoms with Gasteiger partial charge in [0.2, 0.25) is 11.8 Å². The number of amides is 2. The second-order valence-corrected chi connectivity index (χ2v) is 9.48. The Labute approximate surface area is 176 Å². The Balaban J connectivity index is 1.98. The van der Waals surface area contributed by atoms with Gasteiger partial charge in [-0.1, -0.05) is 25.3 Å². The van der Waals surface area contributed by atoms with E-state index in [4.69, 9.17) is 5.73 Å². The van der Waals surface area contributed by atoms with E-state index in [1.807, 2.05) is 0 Å². The van der Waals surface area contributed by atoms with Crippen molar-refractivity contribution >= 4 is 27.6 Å². The van der Waals surface area contributed by atoms with Crippen molar-refractivity contribution in [2.75, 3.05) is 6.54 Å². The van der Waals surface area contributed by atoms with Gasteiger partial charge in [-0.25, -0.2) is 9.29 Å². The van der Waals surface area contributed by atoms with Gasteiger partial charge in [-0.3, -0.25) is 19.7 Å². The lowest BCUT2D eigenvalue weighted by molar-refractivity contribution is -0.136. The Morgan fingerprint density at radius 2 is 1.87 bits per heavy atom. The van der Waals surface area contributed by atoms with Gasteiger partial charge in [0.15, 0.2) is 10.8 Å². The summed E-state index contributed by atoms with van der Waals surface area (Å²) in [5.41, 5.74) is 5.34. The number of ketones is 1. The first-order valence-electron chi connectivity index (χ1n) is 10.2. The average molecular weight is 436 g/mol. The largest absolute Gasteiger partial charge is 0.368 e. The second kappa shape index (κ2) is 9.65. The van der Waals surface area contributed by atoms with E-state index < -0.39 is 39.7 Å². The fraction of sp³-hybridized carbons (Fsp3) is 0.550. The molecule has 1 saturated carbocycles. The molecular formula is C20H27N4O5S. The van der Waals surface area contributed by atoms with E-state index in [0.717, 1.165) is 32.1 Å². The number of carbonyl (C=O) groups excluding carboxylic acids is 3. The highest BCUT2D eigenvalue weighted by molar-refractivity contribution is 7.89. The summed E-state index contributed by atoms with van der Waals surface area (Å²) in [7, 11) is -4.41. The molecule has 3 N–H and O–H groups in total. The molecule has 1 aliphatic heterocycles. The molecule has 1 aromatic rings. The van der Waals surface area contributed by atoms with Crippen molar-refractivity contribution in [3.8, 4) is 0 Å². The number of hydrogen-bond acceptors (Lipinski definition) is 7. The maximum Gasteiger partial charge on any atom is 0.284 e. The molecule has 2 heterocycles. The van der Waals surface area contributed by atoms with E-state index in [1.165, 1.54) is 24.8 Å². The molecule has 2 atom stereocenters. The molecule has 2 aliphatic rings.